The summed E-state index contributed by atoms with van der Waals surface area (Å²) in [6.07, 6.45) is 0.560. The molecule has 122 valence electrons. The van der Waals surface area contributed by atoms with E-state index in [2.05, 4.69) is 10.6 Å². The van der Waals surface area contributed by atoms with E-state index in [0.29, 0.717) is 19.6 Å². The first-order valence-corrected chi connectivity index (χ1v) is 7.43. The van der Waals surface area contributed by atoms with Crippen molar-refractivity contribution in [2.75, 3.05) is 26.7 Å². The number of piperidine rings is 1. The number of amides is 1. The number of methoxy groups -OCH3 is 1. The lowest BCUT2D eigenvalue weighted by Crippen LogP contribution is -2.50. The second kappa shape index (κ2) is 7.65. The maximum absolute atomic E-state index is 13.7. The number of benzene rings is 1. The van der Waals surface area contributed by atoms with Crippen LogP contribution in [0.5, 0.6) is 0 Å². The lowest BCUT2D eigenvalue weighted by molar-refractivity contribution is -0.122. The quantitative estimate of drug-likeness (QED) is 0.841. The summed E-state index contributed by atoms with van der Waals surface area (Å²) in [7, 11) is 1.61. The Balaban J connectivity index is 1.84. The first-order chi connectivity index (χ1) is 10.5. The van der Waals surface area contributed by atoms with Crippen LogP contribution >= 0.6 is 0 Å². The summed E-state index contributed by atoms with van der Waals surface area (Å²) in [4.78, 5) is 11.9. The van der Waals surface area contributed by atoms with Crippen molar-refractivity contribution in [3.05, 3.63) is 35.4 Å². The second-order valence-electron chi connectivity index (χ2n) is 5.66. The fraction of sp³-hybridized carbons (Fsp3) is 0.562. The normalized spacial score (nSPS) is 20.6. The highest BCUT2D eigenvalue weighted by Gasteiger charge is 2.41. The molecular formula is C16H22F2N2O2. The molecule has 0 bridgehead atoms. The number of alkyl halides is 2. The molecule has 1 aromatic rings. The molecule has 1 atom stereocenters. The Labute approximate surface area is 129 Å². The first kappa shape index (κ1) is 16.8. The average molecular weight is 312 g/mol. The molecule has 1 heterocycles. The van der Waals surface area contributed by atoms with E-state index in [4.69, 9.17) is 4.74 Å². The zero-order valence-corrected chi connectivity index (χ0v) is 12.7. The largest absolute Gasteiger partial charge is 0.380 e. The third-order valence-electron chi connectivity index (χ3n) is 3.84. The van der Waals surface area contributed by atoms with E-state index in [9.17, 15) is 13.6 Å². The molecule has 1 fully saturated rings. The van der Waals surface area contributed by atoms with Gasteiger partial charge in [-0.1, -0.05) is 24.3 Å². The molecule has 6 heteroatoms. The van der Waals surface area contributed by atoms with Crippen LogP contribution in [0.2, 0.25) is 0 Å². The van der Waals surface area contributed by atoms with Crippen LogP contribution in [-0.2, 0) is 22.6 Å². The molecule has 2 N–H and O–H groups in total. The second-order valence-corrected chi connectivity index (χ2v) is 5.66. The minimum atomic E-state index is -2.76. The van der Waals surface area contributed by atoms with Crippen molar-refractivity contribution in [1.82, 2.24) is 10.6 Å². The molecule has 1 amide bonds. The zero-order valence-electron chi connectivity index (χ0n) is 12.7. The minimum absolute atomic E-state index is 0.0191. The van der Waals surface area contributed by atoms with Gasteiger partial charge in [-0.2, -0.15) is 0 Å². The van der Waals surface area contributed by atoms with Gasteiger partial charge in [0.15, 0.2) is 0 Å². The molecule has 22 heavy (non-hydrogen) atoms. The van der Waals surface area contributed by atoms with Gasteiger partial charge in [0.1, 0.15) is 0 Å². The van der Waals surface area contributed by atoms with Gasteiger partial charge in [-0.15, -0.1) is 0 Å². The molecule has 2 rings (SSSR count). The molecule has 1 aliphatic rings. The van der Waals surface area contributed by atoms with Crippen molar-refractivity contribution in [2.45, 2.75) is 25.4 Å². The number of carbonyl (C=O) groups is 1. The van der Waals surface area contributed by atoms with E-state index < -0.39 is 11.8 Å². The van der Waals surface area contributed by atoms with Crippen molar-refractivity contribution >= 4 is 5.91 Å². The van der Waals surface area contributed by atoms with Crippen LogP contribution < -0.4 is 10.6 Å². The van der Waals surface area contributed by atoms with Gasteiger partial charge in [0.25, 0.3) is 5.92 Å². The van der Waals surface area contributed by atoms with Crippen LogP contribution in [0.3, 0.4) is 0 Å². The van der Waals surface area contributed by atoms with Gasteiger partial charge >= 0.3 is 0 Å². The van der Waals surface area contributed by atoms with Crippen molar-refractivity contribution in [3.63, 3.8) is 0 Å². The maximum atomic E-state index is 13.7. The Bertz CT molecular complexity index is 509. The molecule has 1 aromatic carbocycles. The smallest absolute Gasteiger partial charge is 0.264 e. The minimum Gasteiger partial charge on any atom is -0.380 e. The lowest BCUT2D eigenvalue weighted by atomic mass is 9.94. The van der Waals surface area contributed by atoms with Gasteiger partial charge in [-0.05, 0) is 24.1 Å². The number of ether oxygens (including phenoxy) is 1. The fourth-order valence-corrected chi connectivity index (χ4v) is 2.62. The van der Waals surface area contributed by atoms with Crippen LogP contribution in [0.25, 0.3) is 0 Å². The molecule has 0 aromatic heterocycles. The van der Waals surface area contributed by atoms with Crippen LogP contribution in [0.15, 0.2) is 24.3 Å². The van der Waals surface area contributed by atoms with E-state index >= 15 is 0 Å². The van der Waals surface area contributed by atoms with Crippen LogP contribution in [0, 0.1) is 5.92 Å². The number of nitrogens with one attached hydrogen (secondary N) is 2. The Morgan fingerprint density at radius 3 is 2.95 bits per heavy atom. The highest BCUT2D eigenvalue weighted by atomic mass is 19.3. The molecule has 1 unspecified atom stereocenters. The Hall–Kier alpha value is -1.53. The topological polar surface area (TPSA) is 50.4 Å². The summed E-state index contributed by atoms with van der Waals surface area (Å²) in [5.74, 6) is -3.79. The van der Waals surface area contributed by atoms with Gasteiger partial charge in [0.05, 0.1) is 19.6 Å². The van der Waals surface area contributed by atoms with Gasteiger partial charge in [-0.25, -0.2) is 8.78 Å². The Morgan fingerprint density at radius 1 is 1.45 bits per heavy atom. The third-order valence-corrected chi connectivity index (χ3v) is 3.84. The summed E-state index contributed by atoms with van der Waals surface area (Å²) in [5, 5.41) is 5.31. The van der Waals surface area contributed by atoms with Crippen molar-refractivity contribution < 1.29 is 18.3 Å². The van der Waals surface area contributed by atoms with Crippen molar-refractivity contribution in [3.8, 4) is 0 Å². The van der Waals surface area contributed by atoms with Crippen molar-refractivity contribution in [1.29, 1.82) is 0 Å². The monoisotopic (exact) mass is 312 g/mol. The highest BCUT2D eigenvalue weighted by molar-refractivity contribution is 5.78. The number of carbonyl (C=O) groups excluding carboxylic acids is 1. The van der Waals surface area contributed by atoms with Gasteiger partial charge in [0, 0.05) is 19.6 Å². The predicted molar refractivity (Wildman–Crippen MR) is 79.8 cm³/mol. The van der Waals surface area contributed by atoms with E-state index in [1.807, 2.05) is 24.3 Å². The van der Waals surface area contributed by atoms with E-state index in [-0.39, 0.29) is 25.4 Å². The molecule has 1 aliphatic heterocycles. The lowest BCUT2D eigenvalue weighted by Gasteiger charge is -2.31. The molecule has 0 saturated carbocycles. The van der Waals surface area contributed by atoms with Gasteiger partial charge in [-0.3, -0.25) is 4.79 Å². The van der Waals surface area contributed by atoms with E-state index in [1.54, 1.807) is 7.11 Å². The fourth-order valence-electron chi connectivity index (χ4n) is 2.62. The predicted octanol–water partition coefficient (Wildman–Crippen LogP) is 1.74. The molecule has 0 aliphatic carbocycles. The van der Waals surface area contributed by atoms with E-state index in [0.717, 1.165) is 11.1 Å². The SMILES string of the molecule is COCc1cccc(CC(=O)NCC2CCNCC2(F)F)c1. The number of rotatable bonds is 6. The van der Waals surface area contributed by atoms with Crippen LogP contribution in [0.4, 0.5) is 8.78 Å². The number of hydrogen-bond acceptors (Lipinski definition) is 3. The molecule has 0 spiro atoms. The highest BCUT2D eigenvalue weighted by Crippen LogP contribution is 2.28. The summed E-state index contributed by atoms with van der Waals surface area (Å²) >= 11 is 0. The van der Waals surface area contributed by atoms with E-state index in [1.165, 1.54) is 0 Å². The third kappa shape index (κ3) is 4.74. The molecule has 1 saturated heterocycles. The molecule has 4 nitrogen and oxygen atoms in total. The summed E-state index contributed by atoms with van der Waals surface area (Å²) in [5.41, 5.74) is 1.84. The van der Waals surface area contributed by atoms with Crippen LogP contribution in [0.1, 0.15) is 17.5 Å². The maximum Gasteiger partial charge on any atom is 0.264 e. The van der Waals surface area contributed by atoms with Gasteiger partial charge in [0.2, 0.25) is 5.91 Å². The summed E-state index contributed by atoms with van der Waals surface area (Å²) in [6.45, 7) is 0.754. The zero-order chi connectivity index (χ0) is 16.0. The first-order valence-electron chi connectivity index (χ1n) is 7.43. The molecule has 0 radical (unpaired) electrons. The number of hydrogen-bond donors (Lipinski definition) is 2. The molecular weight excluding hydrogens is 290 g/mol. The number of halogens is 2. The van der Waals surface area contributed by atoms with Crippen molar-refractivity contribution in [2.24, 2.45) is 5.92 Å². The Kier molecular flexibility index (Phi) is 5.85. The Morgan fingerprint density at radius 2 is 2.23 bits per heavy atom. The standard InChI is InChI=1S/C16H22F2N2O2/c1-22-10-13-4-2-3-12(7-13)8-15(21)20-9-14-5-6-19-11-16(14,17)18/h2-4,7,14,19H,5-6,8-11H2,1H3,(H,20,21). The average Bonchev–Trinajstić information content (AvgIpc) is 2.46. The van der Waals surface area contributed by atoms with Gasteiger partial charge < -0.3 is 15.4 Å². The summed E-state index contributed by atoms with van der Waals surface area (Å²) < 4.78 is 32.4. The summed E-state index contributed by atoms with van der Waals surface area (Å²) in [6, 6.07) is 7.51. The van der Waals surface area contributed by atoms with Crippen LogP contribution in [-0.4, -0.2) is 38.6 Å².